The van der Waals surface area contributed by atoms with Crippen LogP contribution in [0.3, 0.4) is 0 Å². The van der Waals surface area contributed by atoms with Crippen LogP contribution < -0.4 is 5.32 Å². The molecule has 0 aromatic carbocycles. The number of hydrogen-bond donors (Lipinski definition) is 2. The number of anilines is 1. The fourth-order valence-corrected chi connectivity index (χ4v) is 1.50. The van der Waals surface area contributed by atoms with Gasteiger partial charge in [-0.2, -0.15) is 5.10 Å². The molecule has 1 aromatic heterocycles. The lowest BCUT2D eigenvalue weighted by molar-refractivity contribution is 0.0696. The summed E-state index contributed by atoms with van der Waals surface area (Å²) in [5.74, 6) is -0.471. The zero-order valence-corrected chi connectivity index (χ0v) is 8.05. The molecule has 15 heavy (non-hydrogen) atoms. The summed E-state index contributed by atoms with van der Waals surface area (Å²) in [6, 6.07) is 1.80. The fraction of sp³-hybridized carbons (Fsp3) is 0.300. The van der Waals surface area contributed by atoms with Gasteiger partial charge in [-0.3, -0.25) is 0 Å². The molecule has 1 aliphatic carbocycles. The van der Waals surface area contributed by atoms with E-state index in [2.05, 4.69) is 27.7 Å². The van der Waals surface area contributed by atoms with Gasteiger partial charge in [0, 0.05) is 6.04 Å². The number of carboxylic acids is 1. The summed E-state index contributed by atoms with van der Waals surface area (Å²) in [7, 11) is 0. The summed E-state index contributed by atoms with van der Waals surface area (Å²) in [4.78, 5) is 10.7. The second-order valence-corrected chi connectivity index (χ2v) is 3.42. The first kappa shape index (κ1) is 9.64. The number of carbonyl (C=O) groups is 1. The number of nitrogens with one attached hydrogen (secondary N) is 1. The Balaban J connectivity index is 2.07. The van der Waals surface area contributed by atoms with E-state index in [1.54, 1.807) is 0 Å². The summed E-state index contributed by atoms with van der Waals surface area (Å²) < 4.78 is 0. The molecule has 5 heteroatoms. The van der Waals surface area contributed by atoms with E-state index in [1.807, 2.05) is 0 Å². The average Bonchev–Trinajstić information content (AvgIpc) is 2.71. The van der Waals surface area contributed by atoms with Crippen LogP contribution in [0.1, 0.15) is 23.2 Å². The van der Waals surface area contributed by atoms with Crippen LogP contribution in [-0.2, 0) is 0 Å². The summed E-state index contributed by atoms with van der Waals surface area (Å²) in [6.45, 7) is 0. The summed E-state index contributed by atoms with van der Waals surface area (Å²) >= 11 is 0. The van der Waals surface area contributed by atoms with Crippen LogP contribution >= 0.6 is 0 Å². The molecular weight excluding hydrogens is 194 g/mol. The van der Waals surface area contributed by atoms with Crippen LogP contribution in [0.4, 0.5) is 5.82 Å². The van der Waals surface area contributed by atoms with Crippen LogP contribution in [-0.4, -0.2) is 27.3 Å². The van der Waals surface area contributed by atoms with Crippen molar-refractivity contribution >= 4 is 11.8 Å². The van der Waals surface area contributed by atoms with Crippen LogP contribution in [0.25, 0.3) is 0 Å². The Kier molecular flexibility index (Phi) is 2.62. The highest BCUT2D eigenvalue weighted by Crippen LogP contribution is 2.15. The lowest BCUT2D eigenvalue weighted by Crippen LogP contribution is -2.16. The largest absolute Gasteiger partial charge is 0.478 e. The third-order valence-electron chi connectivity index (χ3n) is 2.26. The number of aromatic nitrogens is 2. The van der Waals surface area contributed by atoms with Gasteiger partial charge in [-0.1, -0.05) is 12.2 Å². The van der Waals surface area contributed by atoms with Crippen LogP contribution in [0.15, 0.2) is 24.4 Å². The molecule has 5 nitrogen and oxygen atoms in total. The third-order valence-corrected chi connectivity index (χ3v) is 2.26. The number of rotatable bonds is 3. The Labute approximate surface area is 86.8 Å². The van der Waals surface area contributed by atoms with E-state index < -0.39 is 5.97 Å². The maximum Gasteiger partial charge on any atom is 0.337 e. The van der Waals surface area contributed by atoms with Gasteiger partial charge in [-0.25, -0.2) is 4.79 Å². The average molecular weight is 205 g/mol. The van der Waals surface area contributed by atoms with E-state index in [1.165, 1.54) is 12.3 Å². The first-order valence-electron chi connectivity index (χ1n) is 4.73. The Morgan fingerprint density at radius 3 is 2.87 bits per heavy atom. The van der Waals surface area contributed by atoms with Crippen molar-refractivity contribution in [3.8, 4) is 0 Å². The van der Waals surface area contributed by atoms with Crippen LogP contribution in [0, 0.1) is 0 Å². The van der Waals surface area contributed by atoms with Gasteiger partial charge in [0.2, 0.25) is 0 Å². The number of aromatic carboxylic acids is 1. The Bertz CT molecular complexity index is 395. The predicted octanol–water partition coefficient (Wildman–Crippen LogP) is 1.31. The smallest absolute Gasteiger partial charge is 0.337 e. The second kappa shape index (κ2) is 4.08. The standard InChI is InChI=1S/C10H11N3O2/c14-10(15)7-5-9(13-11-6-7)12-8-3-1-2-4-8/h1-2,5-6,8H,3-4H2,(H,12,13)(H,14,15). The van der Waals surface area contributed by atoms with Crippen molar-refractivity contribution in [1.82, 2.24) is 10.2 Å². The Morgan fingerprint density at radius 2 is 2.20 bits per heavy atom. The molecule has 0 radical (unpaired) electrons. The molecule has 2 rings (SSSR count). The van der Waals surface area contributed by atoms with E-state index in [4.69, 9.17) is 5.11 Å². The summed E-state index contributed by atoms with van der Waals surface area (Å²) in [5, 5.41) is 19.4. The van der Waals surface area contributed by atoms with Crippen LogP contribution in [0.5, 0.6) is 0 Å². The minimum Gasteiger partial charge on any atom is -0.478 e. The number of hydrogen-bond acceptors (Lipinski definition) is 4. The minimum atomic E-state index is -0.988. The van der Waals surface area contributed by atoms with Gasteiger partial charge in [-0.15, -0.1) is 5.10 Å². The van der Waals surface area contributed by atoms with E-state index in [0.717, 1.165) is 12.8 Å². The highest BCUT2D eigenvalue weighted by Gasteiger charge is 2.12. The first-order chi connectivity index (χ1) is 7.25. The molecule has 2 N–H and O–H groups in total. The highest BCUT2D eigenvalue weighted by atomic mass is 16.4. The molecule has 0 aliphatic heterocycles. The van der Waals surface area contributed by atoms with Gasteiger partial charge < -0.3 is 10.4 Å². The molecule has 0 spiro atoms. The summed E-state index contributed by atoms with van der Waals surface area (Å²) in [6.07, 6.45) is 7.30. The molecular formula is C10H11N3O2. The quantitative estimate of drug-likeness (QED) is 0.727. The second-order valence-electron chi connectivity index (χ2n) is 3.42. The molecule has 0 bridgehead atoms. The van der Waals surface area contributed by atoms with E-state index in [0.29, 0.717) is 11.9 Å². The SMILES string of the molecule is O=C(O)c1cnnc(NC2CC=CC2)c1. The molecule has 0 amide bonds. The van der Waals surface area contributed by atoms with Gasteiger partial charge in [-0.05, 0) is 18.9 Å². The van der Waals surface area contributed by atoms with Gasteiger partial charge in [0.1, 0.15) is 5.82 Å². The monoisotopic (exact) mass is 205 g/mol. The number of carboxylic acid groups (broad SMARTS) is 1. The van der Waals surface area contributed by atoms with Crippen molar-refractivity contribution in [3.63, 3.8) is 0 Å². The molecule has 0 atom stereocenters. The lowest BCUT2D eigenvalue weighted by atomic mass is 10.2. The van der Waals surface area contributed by atoms with Gasteiger partial charge in [0.05, 0.1) is 11.8 Å². The fourth-order valence-electron chi connectivity index (χ4n) is 1.50. The molecule has 0 saturated carbocycles. The zero-order chi connectivity index (χ0) is 10.7. The zero-order valence-electron chi connectivity index (χ0n) is 8.05. The van der Waals surface area contributed by atoms with Crippen molar-refractivity contribution in [1.29, 1.82) is 0 Å². The van der Waals surface area contributed by atoms with Crippen molar-refractivity contribution in [2.24, 2.45) is 0 Å². The van der Waals surface area contributed by atoms with E-state index in [-0.39, 0.29) is 5.56 Å². The molecule has 0 fully saturated rings. The van der Waals surface area contributed by atoms with Gasteiger partial charge >= 0.3 is 5.97 Å². The topological polar surface area (TPSA) is 75.1 Å². The lowest BCUT2D eigenvalue weighted by Gasteiger charge is -2.11. The highest BCUT2D eigenvalue weighted by molar-refractivity contribution is 5.87. The minimum absolute atomic E-state index is 0.151. The van der Waals surface area contributed by atoms with Gasteiger partial charge in [0.25, 0.3) is 0 Å². The molecule has 0 unspecified atom stereocenters. The molecule has 1 aliphatic rings. The third kappa shape index (κ3) is 2.31. The van der Waals surface area contributed by atoms with E-state index >= 15 is 0 Å². The van der Waals surface area contributed by atoms with Gasteiger partial charge in [0.15, 0.2) is 0 Å². The molecule has 0 saturated heterocycles. The maximum absolute atomic E-state index is 10.7. The Hall–Kier alpha value is -1.91. The van der Waals surface area contributed by atoms with Crippen molar-refractivity contribution in [2.75, 3.05) is 5.32 Å². The Morgan fingerprint density at radius 1 is 1.47 bits per heavy atom. The predicted molar refractivity (Wildman–Crippen MR) is 54.8 cm³/mol. The van der Waals surface area contributed by atoms with Crippen LogP contribution in [0.2, 0.25) is 0 Å². The number of nitrogens with zero attached hydrogens (tertiary/aromatic N) is 2. The van der Waals surface area contributed by atoms with E-state index in [9.17, 15) is 4.79 Å². The van der Waals surface area contributed by atoms with Crippen molar-refractivity contribution in [2.45, 2.75) is 18.9 Å². The first-order valence-corrected chi connectivity index (χ1v) is 4.73. The van der Waals surface area contributed by atoms with Crippen molar-refractivity contribution in [3.05, 3.63) is 30.0 Å². The normalized spacial score (nSPS) is 15.5. The molecule has 78 valence electrons. The summed E-state index contributed by atoms with van der Waals surface area (Å²) in [5.41, 5.74) is 0.151. The molecule has 1 heterocycles. The van der Waals surface area contributed by atoms with Crippen molar-refractivity contribution < 1.29 is 9.90 Å². The maximum atomic E-state index is 10.7. The molecule has 1 aromatic rings.